The van der Waals surface area contributed by atoms with Gasteiger partial charge >= 0.3 is 0 Å². The van der Waals surface area contributed by atoms with Crippen LogP contribution in [0.1, 0.15) is 10.4 Å². The van der Waals surface area contributed by atoms with Gasteiger partial charge in [0.15, 0.2) is 0 Å². The number of methoxy groups -OCH3 is 1. The molecule has 4 aromatic rings. The molecule has 2 heterocycles. The molecule has 0 saturated carbocycles. The zero-order valence-electron chi connectivity index (χ0n) is 16.4. The van der Waals surface area contributed by atoms with Gasteiger partial charge in [-0.25, -0.2) is 0 Å². The third-order valence-electron chi connectivity index (χ3n) is 4.73. The first-order valence-electron chi connectivity index (χ1n) is 9.52. The van der Waals surface area contributed by atoms with E-state index in [1.165, 1.54) is 0 Å². The van der Waals surface area contributed by atoms with Crippen molar-refractivity contribution in [1.82, 2.24) is 9.97 Å². The predicted molar refractivity (Wildman–Crippen MR) is 121 cm³/mol. The zero-order valence-corrected chi connectivity index (χ0v) is 17.2. The van der Waals surface area contributed by atoms with Gasteiger partial charge in [0.2, 0.25) is 0 Å². The third-order valence-corrected chi connectivity index (χ3v) is 5.03. The summed E-state index contributed by atoms with van der Waals surface area (Å²) >= 11 is 6.30. The van der Waals surface area contributed by atoms with Gasteiger partial charge in [-0.3, -0.25) is 9.78 Å². The first-order chi connectivity index (χ1) is 14.7. The zero-order chi connectivity index (χ0) is 20.9. The summed E-state index contributed by atoms with van der Waals surface area (Å²) in [4.78, 5) is 20.5. The van der Waals surface area contributed by atoms with Crippen LogP contribution in [0.15, 0.2) is 67.0 Å². The number of halogens is 1. The first-order valence-corrected chi connectivity index (χ1v) is 9.90. The van der Waals surface area contributed by atoms with Crippen molar-refractivity contribution < 1.29 is 9.53 Å². The summed E-state index contributed by atoms with van der Waals surface area (Å²) in [6, 6.07) is 16.8. The highest BCUT2D eigenvalue weighted by Gasteiger charge is 2.15. The number of anilines is 2. The van der Waals surface area contributed by atoms with Crippen LogP contribution in [-0.4, -0.2) is 36.1 Å². The lowest BCUT2D eigenvalue weighted by Crippen LogP contribution is -2.16. The topological polar surface area (TPSA) is 79.0 Å². The summed E-state index contributed by atoms with van der Waals surface area (Å²) < 4.78 is 5.13. The average Bonchev–Trinajstić information content (AvgIpc) is 3.22. The highest BCUT2D eigenvalue weighted by Crippen LogP contribution is 2.30. The maximum atomic E-state index is 13.0. The second-order valence-electron chi connectivity index (χ2n) is 6.75. The summed E-state index contributed by atoms with van der Waals surface area (Å²) in [5, 5.41) is 7.84. The Kier molecular flexibility index (Phi) is 5.97. The highest BCUT2D eigenvalue weighted by molar-refractivity contribution is 6.33. The summed E-state index contributed by atoms with van der Waals surface area (Å²) in [5.41, 5.74) is 4.45. The Balaban J connectivity index is 1.64. The van der Waals surface area contributed by atoms with E-state index in [-0.39, 0.29) is 5.91 Å². The molecule has 1 amide bonds. The molecule has 6 nitrogen and oxygen atoms in total. The number of benzene rings is 2. The van der Waals surface area contributed by atoms with E-state index in [4.69, 9.17) is 16.3 Å². The van der Waals surface area contributed by atoms with E-state index in [1.807, 2.05) is 42.6 Å². The molecule has 2 aromatic carbocycles. The van der Waals surface area contributed by atoms with E-state index in [9.17, 15) is 4.79 Å². The molecule has 30 heavy (non-hydrogen) atoms. The molecule has 0 aliphatic rings. The lowest BCUT2D eigenvalue weighted by Gasteiger charge is -2.14. The predicted octanol–water partition coefficient (Wildman–Crippen LogP) is 5.19. The fourth-order valence-electron chi connectivity index (χ4n) is 3.25. The molecule has 0 fully saturated rings. The van der Waals surface area contributed by atoms with E-state index in [0.29, 0.717) is 35.1 Å². The molecule has 0 aliphatic heterocycles. The molecule has 0 atom stereocenters. The van der Waals surface area contributed by atoms with Gasteiger partial charge in [-0.1, -0.05) is 17.7 Å². The van der Waals surface area contributed by atoms with Crippen LogP contribution in [0.2, 0.25) is 5.02 Å². The molecule has 2 aromatic heterocycles. The molecule has 7 heteroatoms. The number of nitrogens with one attached hydrogen (secondary N) is 3. The monoisotopic (exact) mass is 420 g/mol. The molecular formula is C23H21ClN4O2. The van der Waals surface area contributed by atoms with E-state index >= 15 is 0 Å². The van der Waals surface area contributed by atoms with Crippen LogP contribution >= 0.6 is 11.6 Å². The summed E-state index contributed by atoms with van der Waals surface area (Å²) in [6.45, 7) is 1.07. The van der Waals surface area contributed by atoms with Gasteiger partial charge in [-0.2, -0.15) is 0 Å². The Hall–Kier alpha value is -3.35. The van der Waals surface area contributed by atoms with Crippen LogP contribution in [0.4, 0.5) is 11.4 Å². The van der Waals surface area contributed by atoms with Gasteiger partial charge in [-0.05, 0) is 48.5 Å². The van der Waals surface area contributed by atoms with Crippen molar-refractivity contribution in [2.75, 3.05) is 30.9 Å². The van der Waals surface area contributed by atoms with Crippen LogP contribution in [0, 0.1) is 0 Å². The fraction of sp³-hybridized carbons (Fsp3) is 0.130. The molecular weight excluding hydrogens is 400 g/mol. The van der Waals surface area contributed by atoms with Crippen molar-refractivity contribution in [1.29, 1.82) is 0 Å². The largest absolute Gasteiger partial charge is 0.383 e. The number of hydrogen-bond donors (Lipinski definition) is 3. The van der Waals surface area contributed by atoms with Crippen molar-refractivity contribution in [3.63, 3.8) is 0 Å². The molecule has 0 spiro atoms. The molecule has 4 rings (SSSR count). The molecule has 152 valence electrons. The molecule has 0 saturated heterocycles. The number of rotatable bonds is 7. The minimum atomic E-state index is -0.205. The third kappa shape index (κ3) is 4.30. The van der Waals surface area contributed by atoms with Gasteiger partial charge in [0.1, 0.15) is 0 Å². The van der Waals surface area contributed by atoms with E-state index < -0.39 is 0 Å². The first kappa shape index (κ1) is 19.9. The number of carbonyl (C=O) groups excluding carboxylic acids is 1. The van der Waals surface area contributed by atoms with Crippen molar-refractivity contribution in [2.45, 2.75) is 0 Å². The minimum Gasteiger partial charge on any atom is -0.383 e. The molecule has 0 radical (unpaired) electrons. The standard InChI is InChI=1S/C23H21ClN4O2/c1-30-12-11-26-21-14-16(22-19(24)3-2-9-27-22)4-6-18(21)23(29)28-17-5-7-20-15(13-17)8-10-25-20/h2-10,13-14,25-26H,11-12H2,1H3,(H,28,29). The maximum Gasteiger partial charge on any atom is 0.257 e. The van der Waals surface area contributed by atoms with Crippen LogP contribution < -0.4 is 10.6 Å². The number of aromatic nitrogens is 2. The van der Waals surface area contributed by atoms with Crippen LogP contribution in [0.3, 0.4) is 0 Å². The second-order valence-corrected chi connectivity index (χ2v) is 7.15. The van der Waals surface area contributed by atoms with Crippen molar-refractivity contribution >= 4 is 39.8 Å². The Morgan fingerprint density at radius 3 is 2.90 bits per heavy atom. The average molecular weight is 421 g/mol. The Morgan fingerprint density at radius 1 is 1.17 bits per heavy atom. The van der Waals surface area contributed by atoms with Gasteiger partial charge in [0, 0.05) is 53.9 Å². The minimum absolute atomic E-state index is 0.205. The Bertz CT molecular complexity index is 1190. The number of aromatic amines is 1. The van der Waals surface area contributed by atoms with E-state index in [1.54, 1.807) is 31.5 Å². The quantitative estimate of drug-likeness (QED) is 0.359. The SMILES string of the molecule is COCCNc1cc(-c2ncccc2Cl)ccc1C(=O)Nc1ccc2[nH]ccc2c1. The van der Waals surface area contributed by atoms with Gasteiger partial charge < -0.3 is 20.4 Å². The summed E-state index contributed by atoms with van der Waals surface area (Å²) in [6.07, 6.45) is 3.56. The summed E-state index contributed by atoms with van der Waals surface area (Å²) in [5.74, 6) is -0.205. The van der Waals surface area contributed by atoms with E-state index in [2.05, 4.69) is 20.6 Å². The van der Waals surface area contributed by atoms with Gasteiger partial charge in [-0.15, -0.1) is 0 Å². The Morgan fingerprint density at radius 2 is 2.07 bits per heavy atom. The number of carbonyl (C=O) groups is 1. The fourth-order valence-corrected chi connectivity index (χ4v) is 3.48. The molecule has 3 N–H and O–H groups in total. The van der Waals surface area contributed by atoms with E-state index in [0.717, 1.165) is 22.2 Å². The van der Waals surface area contributed by atoms with Crippen LogP contribution in [0.25, 0.3) is 22.2 Å². The Labute approximate surface area is 179 Å². The number of pyridine rings is 1. The molecule has 0 aliphatic carbocycles. The van der Waals surface area contributed by atoms with Crippen LogP contribution in [-0.2, 0) is 4.74 Å². The lowest BCUT2D eigenvalue weighted by molar-refractivity contribution is 0.102. The van der Waals surface area contributed by atoms with Crippen molar-refractivity contribution in [2.24, 2.45) is 0 Å². The van der Waals surface area contributed by atoms with Gasteiger partial charge in [0.25, 0.3) is 5.91 Å². The smallest absolute Gasteiger partial charge is 0.257 e. The highest BCUT2D eigenvalue weighted by atomic mass is 35.5. The second kappa shape index (κ2) is 8.98. The molecule has 0 unspecified atom stereocenters. The van der Waals surface area contributed by atoms with Gasteiger partial charge in [0.05, 0.1) is 22.9 Å². The lowest BCUT2D eigenvalue weighted by atomic mass is 10.0. The summed E-state index contributed by atoms with van der Waals surface area (Å²) in [7, 11) is 1.64. The number of hydrogen-bond acceptors (Lipinski definition) is 4. The number of H-pyrrole nitrogens is 1. The normalized spacial score (nSPS) is 10.9. The molecule has 0 bridgehead atoms. The number of nitrogens with zero attached hydrogens (tertiary/aromatic N) is 1. The van der Waals surface area contributed by atoms with Crippen molar-refractivity contribution in [3.05, 3.63) is 77.6 Å². The van der Waals surface area contributed by atoms with Crippen LogP contribution in [0.5, 0.6) is 0 Å². The van der Waals surface area contributed by atoms with Crippen molar-refractivity contribution in [3.8, 4) is 11.3 Å². The number of ether oxygens (including phenoxy) is 1. The number of amides is 1. The number of fused-ring (bicyclic) bond motifs is 1. The maximum absolute atomic E-state index is 13.0.